The largest absolute Gasteiger partial charge is 0.495 e. The number of rotatable bonds is 5. The first-order valence-electron chi connectivity index (χ1n) is 9.45. The molecule has 12 heteroatoms. The smallest absolute Gasteiger partial charge is 0.418 e. The van der Waals surface area contributed by atoms with Crippen LogP contribution >= 0.6 is 11.6 Å². The number of ether oxygens (including phenoxy) is 1. The number of nitrogens with zero attached hydrogens (tertiary/aromatic N) is 1. The minimum Gasteiger partial charge on any atom is -0.495 e. The van der Waals surface area contributed by atoms with E-state index in [-0.39, 0.29) is 41.6 Å². The van der Waals surface area contributed by atoms with Crippen LogP contribution in [0, 0.1) is 11.7 Å². The van der Waals surface area contributed by atoms with E-state index >= 15 is 0 Å². The Morgan fingerprint density at radius 2 is 1.81 bits per heavy atom. The highest BCUT2D eigenvalue weighted by molar-refractivity contribution is 7.89. The lowest BCUT2D eigenvalue weighted by Gasteiger charge is -2.31. The molecular weight excluding hydrogens is 476 g/mol. The Labute approximate surface area is 187 Å². The van der Waals surface area contributed by atoms with Crippen LogP contribution in [0.4, 0.5) is 23.2 Å². The van der Waals surface area contributed by atoms with Crippen LogP contribution in [0.1, 0.15) is 18.4 Å². The number of methoxy groups -OCH3 is 1. The Morgan fingerprint density at radius 1 is 1.16 bits per heavy atom. The maximum Gasteiger partial charge on any atom is 0.418 e. The third kappa shape index (κ3) is 5.16. The predicted molar refractivity (Wildman–Crippen MR) is 110 cm³/mol. The highest BCUT2D eigenvalue weighted by atomic mass is 35.5. The molecule has 0 radical (unpaired) electrons. The number of nitrogens with one attached hydrogen (secondary N) is 1. The van der Waals surface area contributed by atoms with Gasteiger partial charge in [0.25, 0.3) is 0 Å². The molecule has 1 amide bonds. The first kappa shape index (κ1) is 24.3. The average molecular weight is 495 g/mol. The monoisotopic (exact) mass is 494 g/mol. The fraction of sp³-hybridized carbons (Fsp3) is 0.350. The molecule has 0 bridgehead atoms. The van der Waals surface area contributed by atoms with Gasteiger partial charge >= 0.3 is 6.18 Å². The van der Waals surface area contributed by atoms with Crippen molar-refractivity contribution >= 4 is 33.2 Å². The third-order valence-corrected chi connectivity index (χ3v) is 7.27. The Bertz CT molecular complexity index is 1120. The van der Waals surface area contributed by atoms with Crippen LogP contribution in [0.5, 0.6) is 5.75 Å². The van der Waals surface area contributed by atoms with E-state index in [1.54, 1.807) is 0 Å². The van der Waals surface area contributed by atoms with Gasteiger partial charge in [0.1, 0.15) is 16.5 Å². The van der Waals surface area contributed by atoms with Gasteiger partial charge in [-0.05, 0) is 49.2 Å². The lowest BCUT2D eigenvalue weighted by atomic mass is 9.97. The normalized spacial score (nSPS) is 16.1. The quantitative estimate of drug-likeness (QED) is 0.619. The molecule has 1 aliphatic rings. The molecule has 174 valence electrons. The van der Waals surface area contributed by atoms with Crippen LogP contribution in [0.15, 0.2) is 41.3 Å². The first-order chi connectivity index (χ1) is 14.9. The van der Waals surface area contributed by atoms with Crippen molar-refractivity contribution in [2.45, 2.75) is 23.9 Å². The number of anilines is 1. The molecular formula is C20H19ClF4N2O4S. The molecule has 3 rings (SSSR count). The van der Waals surface area contributed by atoms with Gasteiger partial charge in [-0.3, -0.25) is 4.79 Å². The molecule has 0 spiro atoms. The number of amides is 1. The number of halogens is 5. The second-order valence-electron chi connectivity index (χ2n) is 7.15. The maximum absolute atomic E-state index is 13.6. The van der Waals surface area contributed by atoms with E-state index in [2.05, 4.69) is 5.32 Å². The number of carbonyl (C=O) groups is 1. The number of benzene rings is 2. The van der Waals surface area contributed by atoms with E-state index in [1.165, 1.54) is 19.2 Å². The van der Waals surface area contributed by atoms with Crippen molar-refractivity contribution in [1.82, 2.24) is 4.31 Å². The van der Waals surface area contributed by atoms with Gasteiger partial charge < -0.3 is 10.1 Å². The molecule has 2 aromatic carbocycles. The molecule has 1 N–H and O–H groups in total. The van der Waals surface area contributed by atoms with Crippen molar-refractivity contribution in [2.75, 3.05) is 25.5 Å². The molecule has 1 fully saturated rings. The van der Waals surface area contributed by atoms with Crippen LogP contribution in [-0.4, -0.2) is 38.8 Å². The summed E-state index contributed by atoms with van der Waals surface area (Å²) >= 11 is 5.64. The van der Waals surface area contributed by atoms with Crippen LogP contribution in [0.3, 0.4) is 0 Å². The number of hydrogen-bond acceptors (Lipinski definition) is 4. The van der Waals surface area contributed by atoms with E-state index < -0.39 is 45.1 Å². The molecule has 0 atom stereocenters. The topological polar surface area (TPSA) is 75.7 Å². The van der Waals surface area contributed by atoms with E-state index in [1.807, 2.05) is 0 Å². The zero-order valence-electron chi connectivity index (χ0n) is 16.7. The van der Waals surface area contributed by atoms with E-state index in [4.69, 9.17) is 16.3 Å². The van der Waals surface area contributed by atoms with Crippen molar-refractivity contribution in [2.24, 2.45) is 5.92 Å². The number of carbonyl (C=O) groups excluding carboxylic acids is 1. The summed E-state index contributed by atoms with van der Waals surface area (Å²) in [6, 6.07) is 6.14. The summed E-state index contributed by atoms with van der Waals surface area (Å²) < 4.78 is 85.3. The summed E-state index contributed by atoms with van der Waals surface area (Å²) in [4.78, 5) is 12.2. The van der Waals surface area contributed by atoms with E-state index in [9.17, 15) is 30.8 Å². The Hall–Kier alpha value is -2.37. The fourth-order valence-corrected chi connectivity index (χ4v) is 5.25. The van der Waals surface area contributed by atoms with Gasteiger partial charge in [-0.25, -0.2) is 12.8 Å². The third-order valence-electron chi connectivity index (χ3n) is 5.11. The second-order valence-corrected chi connectivity index (χ2v) is 9.49. The van der Waals surface area contributed by atoms with Crippen molar-refractivity contribution in [3.05, 3.63) is 52.8 Å². The molecule has 1 heterocycles. The lowest BCUT2D eigenvalue weighted by Crippen LogP contribution is -2.41. The van der Waals surface area contributed by atoms with Crippen LogP contribution < -0.4 is 10.1 Å². The molecule has 0 aliphatic carbocycles. The minimum atomic E-state index is -4.71. The summed E-state index contributed by atoms with van der Waals surface area (Å²) in [5, 5.41) is 2.15. The van der Waals surface area contributed by atoms with Crippen molar-refractivity contribution in [3.8, 4) is 5.75 Å². The zero-order valence-corrected chi connectivity index (χ0v) is 18.3. The average Bonchev–Trinajstić information content (AvgIpc) is 2.74. The first-order valence-corrected chi connectivity index (χ1v) is 11.3. The van der Waals surface area contributed by atoms with Gasteiger partial charge in [0.2, 0.25) is 15.9 Å². The summed E-state index contributed by atoms with van der Waals surface area (Å²) in [6.07, 6.45) is -4.55. The zero-order chi connectivity index (χ0) is 23.7. The van der Waals surface area contributed by atoms with Gasteiger partial charge in [0, 0.05) is 24.0 Å². The Balaban J connectivity index is 1.72. The van der Waals surface area contributed by atoms with Crippen molar-refractivity contribution in [3.63, 3.8) is 0 Å². The molecule has 1 aliphatic heterocycles. The summed E-state index contributed by atoms with van der Waals surface area (Å²) in [7, 11) is -2.83. The minimum absolute atomic E-state index is 0.0197. The highest BCUT2D eigenvalue weighted by Crippen LogP contribution is 2.37. The van der Waals surface area contributed by atoms with Gasteiger partial charge in [0.15, 0.2) is 0 Å². The molecule has 32 heavy (non-hydrogen) atoms. The van der Waals surface area contributed by atoms with Gasteiger partial charge in [-0.2, -0.15) is 17.5 Å². The van der Waals surface area contributed by atoms with Gasteiger partial charge in [0.05, 0.1) is 18.4 Å². The van der Waals surface area contributed by atoms with Crippen molar-refractivity contribution < 1.29 is 35.5 Å². The standard InChI is InChI=1S/C20H19ClF4N2O4S/c1-31-17-5-3-14(22)11-18(17)32(29,30)27-8-6-12(7-9-27)19(28)26-16-4-2-13(21)10-15(16)20(23,24)25/h2-5,10-12H,6-9H2,1H3,(H,26,28). The molecule has 0 saturated carbocycles. The number of sulfonamides is 1. The Kier molecular flexibility index (Phi) is 7.01. The second kappa shape index (κ2) is 9.24. The summed E-state index contributed by atoms with van der Waals surface area (Å²) in [5.41, 5.74) is -1.50. The van der Waals surface area contributed by atoms with E-state index in [0.29, 0.717) is 0 Å². The van der Waals surface area contributed by atoms with Gasteiger partial charge in [-0.1, -0.05) is 11.6 Å². The number of alkyl halides is 3. The van der Waals surface area contributed by atoms with E-state index in [0.717, 1.165) is 28.6 Å². The molecule has 6 nitrogen and oxygen atoms in total. The maximum atomic E-state index is 13.6. The fourth-order valence-electron chi connectivity index (χ4n) is 3.44. The highest BCUT2D eigenvalue weighted by Gasteiger charge is 2.37. The predicted octanol–water partition coefficient (Wildman–Crippen LogP) is 4.55. The molecule has 2 aromatic rings. The summed E-state index contributed by atoms with van der Waals surface area (Å²) in [6.45, 7) is -0.125. The molecule has 0 unspecified atom stereocenters. The SMILES string of the molecule is COc1ccc(F)cc1S(=O)(=O)N1CCC(C(=O)Nc2ccc(Cl)cc2C(F)(F)F)CC1. The van der Waals surface area contributed by atoms with Crippen LogP contribution in [-0.2, 0) is 21.0 Å². The molecule has 0 aromatic heterocycles. The van der Waals surface area contributed by atoms with Gasteiger partial charge in [-0.15, -0.1) is 0 Å². The molecule has 1 saturated heterocycles. The van der Waals surface area contributed by atoms with Crippen LogP contribution in [0.25, 0.3) is 0 Å². The van der Waals surface area contributed by atoms with Crippen LogP contribution in [0.2, 0.25) is 5.02 Å². The number of hydrogen-bond donors (Lipinski definition) is 1. The number of piperidine rings is 1. The Morgan fingerprint density at radius 3 is 2.41 bits per heavy atom. The summed E-state index contributed by atoms with van der Waals surface area (Å²) in [5.74, 6) is -2.12. The lowest BCUT2D eigenvalue weighted by molar-refractivity contribution is -0.137. The van der Waals surface area contributed by atoms with Crippen molar-refractivity contribution in [1.29, 1.82) is 0 Å².